The molecule has 0 bridgehead atoms. The fourth-order valence-electron chi connectivity index (χ4n) is 7.73. The first-order chi connectivity index (χ1) is 21.3. The third kappa shape index (κ3) is 2.64. The summed E-state index contributed by atoms with van der Waals surface area (Å²) in [4.78, 5) is 10.5. The number of fused-ring (bicyclic) bond motifs is 7. The zero-order chi connectivity index (χ0) is 28.0. The molecule has 43 heavy (non-hydrogen) atoms. The minimum Gasteiger partial charge on any atom is -0.291 e. The minimum absolute atomic E-state index is 0.396. The average Bonchev–Trinajstić information content (AvgIpc) is 3.56. The summed E-state index contributed by atoms with van der Waals surface area (Å²) in [6.07, 6.45) is 0. The van der Waals surface area contributed by atoms with E-state index in [1.807, 2.05) is 11.3 Å². The van der Waals surface area contributed by atoms with Crippen molar-refractivity contribution in [2.24, 2.45) is 0 Å². The Balaban J connectivity index is 1.39. The van der Waals surface area contributed by atoms with Crippen molar-refractivity contribution in [3.8, 4) is 16.9 Å². The standard InChI is InChI=1S/C38H18ClN3S/c39-37-38(41-36-25-11-4-2-9-21(25)20-8-1-3-10-24(20)35(36)40-37)42-26-16-15-19-7-5-12-22-23-13-6-14-28-31(23)34-29(43-28)18-17-27(42)33(34)32(26)30(19)22/h1-18H. The maximum atomic E-state index is 7.17. The molecule has 5 heteroatoms. The van der Waals surface area contributed by atoms with E-state index >= 15 is 0 Å². The highest BCUT2D eigenvalue weighted by atomic mass is 35.5. The van der Waals surface area contributed by atoms with Gasteiger partial charge in [-0.1, -0.05) is 96.5 Å². The molecule has 1 aliphatic rings. The summed E-state index contributed by atoms with van der Waals surface area (Å²) in [6, 6.07) is 39.2. The molecular formula is C38H18ClN3S. The zero-order valence-electron chi connectivity index (χ0n) is 22.5. The van der Waals surface area contributed by atoms with Crippen LogP contribution in [0.25, 0.3) is 102 Å². The first-order valence-electron chi connectivity index (χ1n) is 14.4. The normalized spacial score (nSPS) is 12.8. The molecule has 0 fully saturated rings. The number of nitrogens with zero attached hydrogens (tertiary/aromatic N) is 3. The van der Waals surface area contributed by atoms with Crippen molar-refractivity contribution in [1.82, 2.24) is 14.5 Å². The van der Waals surface area contributed by atoms with Crippen molar-refractivity contribution in [2.75, 3.05) is 0 Å². The Morgan fingerprint density at radius 1 is 0.488 bits per heavy atom. The summed E-state index contributed by atoms with van der Waals surface area (Å²) in [5.74, 6) is 0.658. The first-order valence-corrected chi connectivity index (χ1v) is 15.6. The fraction of sp³-hybridized carbons (Fsp3) is 0. The molecule has 1 aliphatic carbocycles. The molecule has 10 aromatic rings. The summed E-state index contributed by atoms with van der Waals surface area (Å²) < 4.78 is 4.86. The zero-order valence-corrected chi connectivity index (χ0v) is 24.1. The molecular weight excluding hydrogens is 566 g/mol. The van der Waals surface area contributed by atoms with Crippen LogP contribution in [0.4, 0.5) is 0 Å². The summed E-state index contributed by atoms with van der Waals surface area (Å²) in [5.41, 5.74) is 6.46. The number of aromatic nitrogens is 3. The molecule has 0 unspecified atom stereocenters. The Morgan fingerprint density at radius 3 is 1.86 bits per heavy atom. The molecule has 198 valence electrons. The third-order valence-corrected chi connectivity index (χ3v) is 10.8. The van der Waals surface area contributed by atoms with Gasteiger partial charge < -0.3 is 0 Å². The van der Waals surface area contributed by atoms with E-state index < -0.39 is 0 Å². The van der Waals surface area contributed by atoms with Gasteiger partial charge in [-0.25, -0.2) is 9.97 Å². The Morgan fingerprint density at radius 2 is 1.09 bits per heavy atom. The van der Waals surface area contributed by atoms with Gasteiger partial charge in [-0.3, -0.25) is 4.57 Å². The van der Waals surface area contributed by atoms with Gasteiger partial charge in [0.25, 0.3) is 0 Å². The van der Waals surface area contributed by atoms with Crippen LogP contribution in [0.5, 0.6) is 0 Å². The fourth-order valence-corrected chi connectivity index (χ4v) is 9.08. The van der Waals surface area contributed by atoms with Crippen molar-refractivity contribution in [3.63, 3.8) is 0 Å². The summed E-state index contributed by atoms with van der Waals surface area (Å²) >= 11 is 9.04. The number of rotatable bonds is 1. The second-order valence-electron chi connectivity index (χ2n) is 11.4. The van der Waals surface area contributed by atoms with E-state index in [9.17, 15) is 0 Å². The van der Waals surface area contributed by atoms with E-state index in [0.717, 1.165) is 38.2 Å². The van der Waals surface area contributed by atoms with E-state index in [1.54, 1.807) is 0 Å². The Labute approximate surface area is 253 Å². The van der Waals surface area contributed by atoms with Crippen LogP contribution in [0.15, 0.2) is 109 Å². The van der Waals surface area contributed by atoms with Gasteiger partial charge >= 0.3 is 0 Å². The average molecular weight is 584 g/mol. The van der Waals surface area contributed by atoms with E-state index in [4.69, 9.17) is 21.6 Å². The molecule has 0 amide bonds. The topological polar surface area (TPSA) is 30.7 Å². The number of halogens is 1. The van der Waals surface area contributed by atoms with Crippen LogP contribution in [-0.2, 0) is 0 Å². The molecule has 0 saturated carbocycles. The van der Waals surface area contributed by atoms with E-state index in [1.165, 1.54) is 58.2 Å². The lowest BCUT2D eigenvalue weighted by Crippen LogP contribution is -2.02. The molecule has 0 radical (unpaired) electrons. The summed E-state index contributed by atoms with van der Waals surface area (Å²) in [7, 11) is 0. The van der Waals surface area contributed by atoms with E-state index in [2.05, 4.69) is 114 Å². The van der Waals surface area contributed by atoms with E-state index in [-0.39, 0.29) is 0 Å². The second kappa shape index (κ2) is 7.67. The second-order valence-corrected chi connectivity index (χ2v) is 12.9. The molecule has 3 aromatic heterocycles. The van der Waals surface area contributed by atoms with Crippen molar-refractivity contribution in [3.05, 3.63) is 114 Å². The molecule has 0 N–H and O–H groups in total. The summed E-state index contributed by atoms with van der Waals surface area (Å²) in [6.45, 7) is 0. The largest absolute Gasteiger partial charge is 0.291 e. The van der Waals surface area contributed by atoms with Crippen molar-refractivity contribution >= 4 is 108 Å². The monoisotopic (exact) mass is 583 g/mol. The highest BCUT2D eigenvalue weighted by Crippen LogP contribution is 2.52. The molecule has 0 saturated heterocycles. The lowest BCUT2D eigenvalue weighted by molar-refractivity contribution is 1.08. The predicted molar refractivity (Wildman–Crippen MR) is 183 cm³/mol. The molecule has 0 aliphatic heterocycles. The predicted octanol–water partition coefficient (Wildman–Crippen LogP) is 11.2. The Kier molecular flexibility index (Phi) is 4.02. The van der Waals surface area contributed by atoms with Gasteiger partial charge in [0, 0.05) is 41.7 Å². The molecule has 3 heterocycles. The quantitative estimate of drug-likeness (QED) is 0.180. The molecule has 3 nitrogen and oxygen atoms in total. The third-order valence-electron chi connectivity index (χ3n) is 9.39. The van der Waals surface area contributed by atoms with Gasteiger partial charge in [-0.05, 0) is 56.9 Å². The van der Waals surface area contributed by atoms with Crippen molar-refractivity contribution in [1.29, 1.82) is 0 Å². The highest BCUT2D eigenvalue weighted by molar-refractivity contribution is 7.26. The van der Waals surface area contributed by atoms with Crippen LogP contribution in [0.1, 0.15) is 0 Å². The van der Waals surface area contributed by atoms with Gasteiger partial charge in [0.05, 0.1) is 22.1 Å². The maximum Gasteiger partial charge on any atom is 0.176 e. The van der Waals surface area contributed by atoms with Crippen LogP contribution >= 0.6 is 22.9 Å². The Hall–Kier alpha value is -5.03. The molecule has 0 atom stereocenters. The molecule has 0 spiro atoms. The smallest absolute Gasteiger partial charge is 0.176 e. The number of benzene rings is 7. The van der Waals surface area contributed by atoms with Gasteiger partial charge in [0.15, 0.2) is 11.0 Å². The lowest BCUT2D eigenvalue weighted by atomic mass is 9.95. The maximum absolute atomic E-state index is 7.17. The highest BCUT2D eigenvalue weighted by Gasteiger charge is 2.27. The first kappa shape index (κ1) is 22.6. The van der Waals surface area contributed by atoms with Crippen LogP contribution < -0.4 is 0 Å². The van der Waals surface area contributed by atoms with E-state index in [0.29, 0.717) is 11.0 Å². The van der Waals surface area contributed by atoms with Crippen molar-refractivity contribution < 1.29 is 0 Å². The number of thiophene rings is 1. The lowest BCUT2D eigenvalue weighted by Gasteiger charge is -2.14. The summed E-state index contributed by atoms with van der Waals surface area (Å²) in [5, 5.41) is 12.6. The van der Waals surface area contributed by atoms with Gasteiger partial charge in [-0.2, -0.15) is 0 Å². The van der Waals surface area contributed by atoms with Crippen LogP contribution in [0, 0.1) is 0 Å². The van der Waals surface area contributed by atoms with Crippen LogP contribution in [-0.4, -0.2) is 14.5 Å². The SMILES string of the molecule is Clc1nc2c3ccccc3c3ccccc3c2nc1-n1c2ccc3cccc4c3c2c2c3c(ccc21)sc1cccc-4c13. The van der Waals surface area contributed by atoms with Gasteiger partial charge in [0.1, 0.15) is 0 Å². The Bertz CT molecular complexity index is 2910. The molecule has 11 rings (SSSR count). The number of hydrogen-bond donors (Lipinski definition) is 0. The minimum atomic E-state index is 0.396. The van der Waals surface area contributed by atoms with Gasteiger partial charge in [0.2, 0.25) is 0 Å². The molecule has 7 aromatic carbocycles. The van der Waals surface area contributed by atoms with Crippen molar-refractivity contribution in [2.45, 2.75) is 0 Å². The van der Waals surface area contributed by atoms with Gasteiger partial charge in [-0.15, -0.1) is 11.3 Å². The van der Waals surface area contributed by atoms with Crippen LogP contribution in [0.2, 0.25) is 5.15 Å². The van der Waals surface area contributed by atoms with Crippen LogP contribution in [0.3, 0.4) is 0 Å². The number of hydrogen-bond acceptors (Lipinski definition) is 3.